The lowest BCUT2D eigenvalue weighted by Crippen LogP contribution is -2.36. The fourth-order valence-corrected chi connectivity index (χ4v) is 2.07. The first-order valence-electron chi connectivity index (χ1n) is 5.86. The molecule has 18 heavy (non-hydrogen) atoms. The number of carbonyl (C=O) groups excluding carboxylic acids is 2. The Morgan fingerprint density at radius 2 is 2.00 bits per heavy atom. The minimum atomic E-state index is -0.584. The summed E-state index contributed by atoms with van der Waals surface area (Å²) in [5, 5.41) is 0. The van der Waals surface area contributed by atoms with Gasteiger partial charge in [0.25, 0.3) is 5.91 Å². The number of rotatable bonds is 2. The van der Waals surface area contributed by atoms with Crippen LogP contribution in [0.25, 0.3) is 0 Å². The van der Waals surface area contributed by atoms with Crippen LogP contribution in [-0.2, 0) is 9.53 Å². The standard InChI is InChI=1S/C14H15NO3/c1-3-7-12(16)15-10(2)13(18-14(15)17)11-8-5-4-6-9-11/h3-10,13H,1-2H3/b7-3+/t10-,13+/m0/s1. The molecule has 94 valence electrons. The van der Waals surface area contributed by atoms with Crippen LogP contribution >= 0.6 is 0 Å². The number of nitrogens with zero attached hydrogens (tertiary/aromatic N) is 1. The van der Waals surface area contributed by atoms with E-state index < -0.39 is 12.2 Å². The molecule has 4 nitrogen and oxygen atoms in total. The highest BCUT2D eigenvalue weighted by molar-refractivity contribution is 5.99. The smallest absolute Gasteiger partial charge is 0.417 e. The van der Waals surface area contributed by atoms with E-state index >= 15 is 0 Å². The zero-order valence-electron chi connectivity index (χ0n) is 10.4. The van der Waals surface area contributed by atoms with Crippen LogP contribution in [0, 0.1) is 0 Å². The maximum absolute atomic E-state index is 11.8. The summed E-state index contributed by atoms with van der Waals surface area (Å²) in [5.74, 6) is -0.339. The summed E-state index contributed by atoms with van der Waals surface area (Å²) in [6.45, 7) is 3.54. The Kier molecular flexibility index (Phi) is 3.46. The summed E-state index contributed by atoms with van der Waals surface area (Å²) >= 11 is 0. The summed E-state index contributed by atoms with van der Waals surface area (Å²) in [6, 6.07) is 9.13. The van der Waals surface area contributed by atoms with Gasteiger partial charge in [-0.25, -0.2) is 9.69 Å². The second-order valence-corrected chi connectivity index (χ2v) is 4.16. The van der Waals surface area contributed by atoms with E-state index in [4.69, 9.17) is 4.74 Å². The molecule has 1 aliphatic heterocycles. The van der Waals surface area contributed by atoms with Crippen LogP contribution in [0.1, 0.15) is 25.5 Å². The van der Waals surface area contributed by atoms with Gasteiger partial charge in [0.15, 0.2) is 0 Å². The molecule has 0 saturated carbocycles. The number of carbonyl (C=O) groups is 2. The molecule has 4 heteroatoms. The van der Waals surface area contributed by atoms with E-state index in [1.165, 1.54) is 6.08 Å². The molecule has 1 saturated heterocycles. The second kappa shape index (κ2) is 5.04. The molecule has 1 heterocycles. The van der Waals surface area contributed by atoms with Gasteiger partial charge >= 0.3 is 6.09 Å². The van der Waals surface area contributed by atoms with E-state index in [9.17, 15) is 9.59 Å². The van der Waals surface area contributed by atoms with Gasteiger partial charge in [-0.3, -0.25) is 4.79 Å². The average Bonchev–Trinajstić information content (AvgIpc) is 2.66. The first kappa shape index (κ1) is 12.4. The predicted molar refractivity (Wildman–Crippen MR) is 66.8 cm³/mol. The minimum absolute atomic E-state index is 0.302. The summed E-state index contributed by atoms with van der Waals surface area (Å²) in [4.78, 5) is 24.7. The Morgan fingerprint density at radius 3 is 2.61 bits per heavy atom. The molecule has 0 spiro atoms. The van der Waals surface area contributed by atoms with E-state index in [1.807, 2.05) is 37.3 Å². The third-order valence-electron chi connectivity index (χ3n) is 2.94. The lowest BCUT2D eigenvalue weighted by molar-refractivity contribution is -0.124. The van der Waals surface area contributed by atoms with Gasteiger partial charge in [-0.1, -0.05) is 36.4 Å². The number of cyclic esters (lactones) is 1. The van der Waals surface area contributed by atoms with Crippen molar-refractivity contribution in [3.05, 3.63) is 48.0 Å². The van der Waals surface area contributed by atoms with Crippen molar-refractivity contribution in [1.82, 2.24) is 4.90 Å². The summed E-state index contributed by atoms with van der Waals surface area (Å²) in [7, 11) is 0. The monoisotopic (exact) mass is 245 g/mol. The number of benzene rings is 1. The van der Waals surface area contributed by atoms with Crippen LogP contribution in [0.3, 0.4) is 0 Å². The van der Waals surface area contributed by atoms with E-state index in [0.29, 0.717) is 0 Å². The second-order valence-electron chi connectivity index (χ2n) is 4.16. The zero-order chi connectivity index (χ0) is 13.1. The van der Waals surface area contributed by atoms with Gasteiger partial charge in [-0.15, -0.1) is 0 Å². The number of allylic oxidation sites excluding steroid dienone is 1. The molecule has 0 bridgehead atoms. The molecule has 0 aliphatic carbocycles. The van der Waals surface area contributed by atoms with Gasteiger partial charge in [0.05, 0.1) is 6.04 Å². The van der Waals surface area contributed by atoms with E-state index in [-0.39, 0.29) is 11.9 Å². The number of hydrogen-bond donors (Lipinski definition) is 0. The summed E-state index contributed by atoms with van der Waals surface area (Å²) in [5.41, 5.74) is 0.897. The normalized spacial score (nSPS) is 23.4. The van der Waals surface area contributed by atoms with Crippen LogP contribution in [0.5, 0.6) is 0 Å². The Labute approximate surface area is 106 Å². The van der Waals surface area contributed by atoms with E-state index in [0.717, 1.165) is 10.5 Å². The fraction of sp³-hybridized carbons (Fsp3) is 0.286. The molecule has 1 fully saturated rings. The van der Waals surface area contributed by atoms with Crippen molar-refractivity contribution in [2.45, 2.75) is 26.0 Å². The van der Waals surface area contributed by atoms with Gasteiger partial charge in [0.2, 0.25) is 0 Å². The molecular formula is C14H15NO3. The van der Waals surface area contributed by atoms with Crippen molar-refractivity contribution in [3.8, 4) is 0 Å². The van der Waals surface area contributed by atoms with Crippen molar-refractivity contribution >= 4 is 12.0 Å². The summed E-state index contributed by atoms with van der Waals surface area (Å²) < 4.78 is 5.27. The van der Waals surface area contributed by atoms with Gasteiger partial charge in [0, 0.05) is 0 Å². The van der Waals surface area contributed by atoms with Crippen molar-refractivity contribution in [2.75, 3.05) is 0 Å². The highest BCUT2D eigenvalue weighted by atomic mass is 16.6. The van der Waals surface area contributed by atoms with Gasteiger partial charge in [0.1, 0.15) is 6.10 Å². The highest BCUT2D eigenvalue weighted by Crippen LogP contribution is 2.32. The molecule has 1 aromatic rings. The third-order valence-corrected chi connectivity index (χ3v) is 2.94. The molecular weight excluding hydrogens is 230 g/mol. The maximum Gasteiger partial charge on any atom is 0.417 e. The van der Waals surface area contributed by atoms with Crippen LogP contribution < -0.4 is 0 Å². The van der Waals surface area contributed by atoms with Gasteiger partial charge in [-0.05, 0) is 25.5 Å². The SMILES string of the molecule is C/C=C/C(=O)N1C(=O)O[C@@H](c2ccccc2)[C@@H]1C. The predicted octanol–water partition coefficient (Wildman–Crippen LogP) is 2.67. The van der Waals surface area contributed by atoms with Crippen LogP contribution in [0.15, 0.2) is 42.5 Å². The van der Waals surface area contributed by atoms with Crippen LogP contribution in [-0.4, -0.2) is 22.9 Å². The number of amides is 2. The van der Waals surface area contributed by atoms with Crippen molar-refractivity contribution in [3.63, 3.8) is 0 Å². The minimum Gasteiger partial charge on any atom is -0.439 e. The molecule has 0 unspecified atom stereocenters. The third kappa shape index (κ3) is 2.14. The molecule has 1 aromatic carbocycles. The number of ether oxygens (including phenoxy) is 1. The quantitative estimate of drug-likeness (QED) is 0.752. The highest BCUT2D eigenvalue weighted by Gasteiger charge is 2.42. The Hall–Kier alpha value is -2.10. The van der Waals surface area contributed by atoms with Crippen LogP contribution in [0.4, 0.5) is 4.79 Å². The molecule has 0 radical (unpaired) electrons. The van der Waals surface area contributed by atoms with Crippen molar-refractivity contribution < 1.29 is 14.3 Å². The van der Waals surface area contributed by atoms with E-state index in [1.54, 1.807) is 13.0 Å². The topological polar surface area (TPSA) is 46.6 Å². The first-order chi connectivity index (χ1) is 8.65. The molecule has 2 atom stereocenters. The Bertz CT molecular complexity index is 481. The Morgan fingerprint density at radius 1 is 1.33 bits per heavy atom. The molecule has 2 rings (SSSR count). The van der Waals surface area contributed by atoms with Crippen LogP contribution in [0.2, 0.25) is 0 Å². The average molecular weight is 245 g/mol. The lowest BCUT2D eigenvalue weighted by atomic mass is 10.0. The molecule has 2 amide bonds. The van der Waals surface area contributed by atoms with Crippen molar-refractivity contribution in [2.24, 2.45) is 0 Å². The van der Waals surface area contributed by atoms with Gasteiger partial charge < -0.3 is 4.74 Å². The molecule has 1 aliphatic rings. The Balaban J connectivity index is 2.24. The number of imide groups is 1. The van der Waals surface area contributed by atoms with Crippen molar-refractivity contribution in [1.29, 1.82) is 0 Å². The number of hydrogen-bond acceptors (Lipinski definition) is 3. The molecule has 0 aromatic heterocycles. The molecule has 0 N–H and O–H groups in total. The van der Waals surface area contributed by atoms with Gasteiger partial charge in [-0.2, -0.15) is 0 Å². The largest absolute Gasteiger partial charge is 0.439 e. The maximum atomic E-state index is 11.8. The van der Waals surface area contributed by atoms with E-state index in [2.05, 4.69) is 0 Å². The summed E-state index contributed by atoms with van der Waals surface area (Å²) in [6.07, 6.45) is 2.00. The first-order valence-corrected chi connectivity index (χ1v) is 5.86. The zero-order valence-corrected chi connectivity index (χ0v) is 10.4. The fourth-order valence-electron chi connectivity index (χ4n) is 2.07. The lowest BCUT2D eigenvalue weighted by Gasteiger charge is -2.17.